The molecule has 0 saturated carbocycles. The molecule has 1 aliphatic rings. The van der Waals surface area contributed by atoms with Crippen LogP contribution in [-0.2, 0) is 16.1 Å². The van der Waals surface area contributed by atoms with Crippen molar-refractivity contribution < 1.29 is 9.53 Å². The van der Waals surface area contributed by atoms with Crippen molar-refractivity contribution in [3.63, 3.8) is 0 Å². The summed E-state index contributed by atoms with van der Waals surface area (Å²) in [7, 11) is 0. The van der Waals surface area contributed by atoms with Crippen molar-refractivity contribution in [2.24, 2.45) is 0 Å². The third-order valence-electron chi connectivity index (χ3n) is 4.73. The molecule has 1 amide bonds. The molecule has 6 nitrogen and oxygen atoms in total. The van der Waals surface area contributed by atoms with Gasteiger partial charge in [0, 0.05) is 24.7 Å². The van der Waals surface area contributed by atoms with Gasteiger partial charge in [-0.05, 0) is 44.9 Å². The Hall–Kier alpha value is -1.57. The van der Waals surface area contributed by atoms with Crippen LogP contribution >= 0.6 is 23.4 Å². The van der Waals surface area contributed by atoms with E-state index in [0.29, 0.717) is 40.7 Å². The highest BCUT2D eigenvalue weighted by Gasteiger charge is 2.21. The van der Waals surface area contributed by atoms with E-state index < -0.39 is 0 Å². The molecule has 1 saturated heterocycles. The number of hydrogen-bond acceptors (Lipinski definition) is 5. The second-order valence-corrected chi connectivity index (χ2v) is 7.84. The molecule has 8 heteroatoms. The number of carbonyl (C=O) groups excluding carboxylic acids is 1. The number of carbonyl (C=O) groups is 1. The predicted octanol–water partition coefficient (Wildman–Crippen LogP) is 3.19. The number of benzene rings is 1. The average molecular weight is 410 g/mol. The molecule has 0 unspecified atom stereocenters. The van der Waals surface area contributed by atoms with Crippen LogP contribution in [0.25, 0.3) is 10.9 Å². The van der Waals surface area contributed by atoms with Crippen molar-refractivity contribution in [3.05, 3.63) is 33.6 Å². The molecule has 1 aliphatic heterocycles. The Balaban J connectivity index is 1.94. The third-order valence-corrected chi connectivity index (χ3v) is 5.93. The van der Waals surface area contributed by atoms with Crippen LogP contribution in [0, 0.1) is 0 Å². The normalized spacial score (nSPS) is 16.8. The highest BCUT2D eigenvalue weighted by molar-refractivity contribution is 7.99. The lowest BCUT2D eigenvalue weighted by Gasteiger charge is -2.19. The van der Waals surface area contributed by atoms with Crippen molar-refractivity contribution in [3.8, 4) is 0 Å². The van der Waals surface area contributed by atoms with Crippen LogP contribution in [0.5, 0.6) is 0 Å². The Bertz CT molecular complexity index is 876. The predicted molar refractivity (Wildman–Crippen MR) is 109 cm³/mol. The van der Waals surface area contributed by atoms with Gasteiger partial charge in [0.2, 0.25) is 5.91 Å². The second-order valence-electron chi connectivity index (χ2n) is 6.46. The summed E-state index contributed by atoms with van der Waals surface area (Å²) in [4.78, 5) is 31.8. The largest absolute Gasteiger partial charge is 0.376 e. The topological polar surface area (TPSA) is 64.4 Å². The lowest BCUT2D eigenvalue weighted by atomic mass is 10.2. The van der Waals surface area contributed by atoms with E-state index in [4.69, 9.17) is 16.3 Å². The molecule has 0 bridgehead atoms. The molecule has 2 aromatic rings. The summed E-state index contributed by atoms with van der Waals surface area (Å²) in [6.45, 7) is 6.41. The first-order chi connectivity index (χ1) is 13.0. The van der Waals surface area contributed by atoms with Crippen LogP contribution in [0.3, 0.4) is 0 Å². The van der Waals surface area contributed by atoms with E-state index >= 15 is 0 Å². The van der Waals surface area contributed by atoms with E-state index in [1.807, 2.05) is 13.8 Å². The Morgan fingerprint density at radius 3 is 2.85 bits per heavy atom. The summed E-state index contributed by atoms with van der Waals surface area (Å²) in [5.74, 6) is 0.278. The van der Waals surface area contributed by atoms with Gasteiger partial charge in [0.25, 0.3) is 5.56 Å². The van der Waals surface area contributed by atoms with Crippen LogP contribution in [0.15, 0.2) is 28.2 Å². The van der Waals surface area contributed by atoms with Gasteiger partial charge in [-0.15, -0.1) is 0 Å². The number of amides is 1. The first-order valence-electron chi connectivity index (χ1n) is 9.25. The van der Waals surface area contributed by atoms with E-state index in [9.17, 15) is 9.59 Å². The summed E-state index contributed by atoms with van der Waals surface area (Å²) in [6, 6.07) is 5.08. The van der Waals surface area contributed by atoms with E-state index in [0.717, 1.165) is 19.4 Å². The minimum absolute atomic E-state index is 0.00656. The second kappa shape index (κ2) is 9.08. The Morgan fingerprint density at radius 1 is 1.41 bits per heavy atom. The van der Waals surface area contributed by atoms with Crippen LogP contribution in [0.2, 0.25) is 5.02 Å². The number of aromatic nitrogens is 2. The maximum atomic E-state index is 13.1. The summed E-state index contributed by atoms with van der Waals surface area (Å²) >= 11 is 7.37. The van der Waals surface area contributed by atoms with Gasteiger partial charge in [-0.3, -0.25) is 14.2 Å². The zero-order valence-electron chi connectivity index (χ0n) is 15.6. The Labute approximate surface area is 167 Å². The number of thioether (sulfide) groups is 1. The molecule has 0 aliphatic carbocycles. The van der Waals surface area contributed by atoms with Gasteiger partial charge in [-0.2, -0.15) is 0 Å². The van der Waals surface area contributed by atoms with Crippen LogP contribution in [0.4, 0.5) is 0 Å². The molecule has 0 N–H and O–H groups in total. The van der Waals surface area contributed by atoms with Gasteiger partial charge < -0.3 is 9.64 Å². The molecule has 27 heavy (non-hydrogen) atoms. The number of nitrogens with zero attached hydrogens (tertiary/aromatic N) is 3. The monoisotopic (exact) mass is 409 g/mol. The zero-order valence-corrected chi connectivity index (χ0v) is 17.2. The molecule has 0 spiro atoms. The maximum absolute atomic E-state index is 13.1. The molecule has 1 aromatic carbocycles. The SMILES string of the molecule is CCN(CC)C(=O)CSc1nc2cc(Cl)ccc2c(=O)n1C[C@H]1CCCO1. The van der Waals surface area contributed by atoms with Gasteiger partial charge in [-0.1, -0.05) is 23.4 Å². The van der Waals surface area contributed by atoms with Crippen molar-refractivity contribution in [2.75, 3.05) is 25.4 Å². The van der Waals surface area contributed by atoms with Crippen molar-refractivity contribution >= 4 is 40.2 Å². The van der Waals surface area contributed by atoms with E-state index in [2.05, 4.69) is 4.98 Å². The minimum atomic E-state index is -0.120. The lowest BCUT2D eigenvalue weighted by molar-refractivity contribution is -0.127. The standard InChI is InChI=1S/C19H24ClN3O3S/c1-3-22(4-2)17(24)12-27-19-21-16-10-13(20)7-8-15(16)18(25)23(19)11-14-6-5-9-26-14/h7-8,10,14H,3-6,9,11-12H2,1-2H3/t14-/m1/s1. The van der Waals surface area contributed by atoms with Gasteiger partial charge in [-0.25, -0.2) is 4.98 Å². The fourth-order valence-corrected chi connectivity index (χ4v) is 4.31. The number of halogens is 1. The molecule has 146 valence electrons. The van der Waals surface area contributed by atoms with Crippen molar-refractivity contribution in [1.82, 2.24) is 14.5 Å². The van der Waals surface area contributed by atoms with Crippen LogP contribution in [0.1, 0.15) is 26.7 Å². The number of fused-ring (bicyclic) bond motifs is 1. The maximum Gasteiger partial charge on any atom is 0.262 e. The minimum Gasteiger partial charge on any atom is -0.376 e. The highest BCUT2D eigenvalue weighted by atomic mass is 35.5. The zero-order chi connectivity index (χ0) is 19.4. The quantitative estimate of drug-likeness (QED) is 0.519. The number of ether oxygens (including phenoxy) is 1. The van der Waals surface area contributed by atoms with Gasteiger partial charge in [0.05, 0.1) is 29.3 Å². The van der Waals surface area contributed by atoms with E-state index in [-0.39, 0.29) is 23.3 Å². The van der Waals surface area contributed by atoms with E-state index in [1.165, 1.54) is 11.8 Å². The summed E-state index contributed by atoms with van der Waals surface area (Å²) in [5, 5.41) is 1.59. The highest BCUT2D eigenvalue weighted by Crippen LogP contribution is 2.23. The average Bonchev–Trinajstić information content (AvgIpc) is 3.16. The fourth-order valence-electron chi connectivity index (χ4n) is 3.23. The Kier molecular flexibility index (Phi) is 6.78. The summed E-state index contributed by atoms with van der Waals surface area (Å²) < 4.78 is 7.35. The number of rotatable bonds is 7. The first kappa shape index (κ1) is 20.2. The smallest absolute Gasteiger partial charge is 0.262 e. The molecule has 1 fully saturated rings. The molecule has 2 heterocycles. The Morgan fingerprint density at radius 2 is 2.19 bits per heavy atom. The molecular formula is C19H24ClN3O3S. The summed E-state index contributed by atoms with van der Waals surface area (Å²) in [5.41, 5.74) is 0.429. The van der Waals surface area contributed by atoms with Crippen molar-refractivity contribution in [2.45, 2.75) is 44.5 Å². The molecular weight excluding hydrogens is 386 g/mol. The van der Waals surface area contributed by atoms with E-state index in [1.54, 1.807) is 27.7 Å². The van der Waals surface area contributed by atoms with Crippen molar-refractivity contribution in [1.29, 1.82) is 0 Å². The van der Waals surface area contributed by atoms with Gasteiger partial charge in [0.15, 0.2) is 5.16 Å². The van der Waals surface area contributed by atoms with Crippen LogP contribution in [-0.4, -0.2) is 51.9 Å². The lowest BCUT2D eigenvalue weighted by Crippen LogP contribution is -2.33. The fraction of sp³-hybridized carbons (Fsp3) is 0.526. The summed E-state index contributed by atoms with van der Waals surface area (Å²) in [6.07, 6.45) is 1.93. The number of hydrogen-bond donors (Lipinski definition) is 0. The molecule has 1 aromatic heterocycles. The molecule has 1 atom stereocenters. The van der Waals surface area contributed by atoms with Gasteiger partial charge in [0.1, 0.15) is 0 Å². The van der Waals surface area contributed by atoms with Gasteiger partial charge >= 0.3 is 0 Å². The molecule has 0 radical (unpaired) electrons. The van der Waals surface area contributed by atoms with Crippen LogP contribution < -0.4 is 5.56 Å². The third kappa shape index (κ3) is 4.65. The first-order valence-corrected chi connectivity index (χ1v) is 10.6. The molecule has 3 rings (SSSR count).